The quantitative estimate of drug-likeness (QED) is 0.799. The van der Waals surface area contributed by atoms with Crippen molar-refractivity contribution in [1.82, 2.24) is 0 Å². The van der Waals surface area contributed by atoms with Crippen molar-refractivity contribution in [3.05, 3.63) is 33.3 Å². The summed E-state index contributed by atoms with van der Waals surface area (Å²) in [6.07, 6.45) is 0. The van der Waals surface area contributed by atoms with Crippen molar-refractivity contribution in [1.29, 1.82) is 0 Å². The lowest BCUT2D eigenvalue weighted by Crippen LogP contribution is -2.06. The fourth-order valence-electron chi connectivity index (χ4n) is 1.02. The molecule has 0 saturated heterocycles. The number of carboxylic acid groups (broad SMARTS) is 1. The van der Waals surface area contributed by atoms with Gasteiger partial charge < -0.3 is 5.11 Å². The molecule has 0 aliphatic heterocycles. The third-order valence-corrected chi connectivity index (χ3v) is 2.39. The number of ketones is 1. The lowest BCUT2D eigenvalue weighted by molar-refractivity contribution is 0.0692. The maximum Gasteiger partial charge on any atom is 0.336 e. The zero-order valence-electron chi connectivity index (χ0n) is 7.17. The predicted octanol–water partition coefficient (Wildman–Crippen LogP) is 2.89. The van der Waals surface area contributed by atoms with Crippen LogP contribution in [-0.2, 0) is 0 Å². The average Bonchev–Trinajstić information content (AvgIpc) is 2.08. The van der Waals surface area contributed by atoms with Gasteiger partial charge in [0.15, 0.2) is 5.78 Å². The Morgan fingerprint density at radius 3 is 1.93 bits per heavy atom. The van der Waals surface area contributed by atoms with Gasteiger partial charge in [0.05, 0.1) is 15.6 Å². The van der Waals surface area contributed by atoms with Crippen molar-refractivity contribution in [2.45, 2.75) is 6.92 Å². The zero-order chi connectivity index (χ0) is 10.9. The number of aromatic carboxylic acids is 1. The molecule has 1 aromatic carbocycles. The summed E-state index contributed by atoms with van der Waals surface area (Å²) in [6, 6.07) is 2.43. The van der Waals surface area contributed by atoms with Gasteiger partial charge in [-0.3, -0.25) is 4.79 Å². The summed E-state index contributed by atoms with van der Waals surface area (Å²) in [5.41, 5.74) is -0.0706. The van der Waals surface area contributed by atoms with E-state index in [9.17, 15) is 9.59 Å². The summed E-state index contributed by atoms with van der Waals surface area (Å²) in [6.45, 7) is 1.27. The molecule has 3 nitrogen and oxygen atoms in total. The highest BCUT2D eigenvalue weighted by atomic mass is 35.5. The van der Waals surface area contributed by atoms with E-state index in [4.69, 9.17) is 28.3 Å². The maximum absolute atomic E-state index is 11.1. The Morgan fingerprint density at radius 1 is 1.14 bits per heavy atom. The molecule has 0 bridgehead atoms. The number of rotatable bonds is 2. The van der Waals surface area contributed by atoms with Gasteiger partial charge in [-0.25, -0.2) is 4.79 Å². The van der Waals surface area contributed by atoms with Crippen LogP contribution >= 0.6 is 23.2 Å². The molecule has 0 spiro atoms. The van der Waals surface area contributed by atoms with Crippen molar-refractivity contribution in [3.8, 4) is 0 Å². The van der Waals surface area contributed by atoms with Crippen LogP contribution in [0, 0.1) is 0 Å². The molecule has 0 aliphatic rings. The third kappa shape index (κ3) is 2.05. The van der Waals surface area contributed by atoms with Crippen LogP contribution in [0.2, 0.25) is 10.0 Å². The first-order valence-corrected chi connectivity index (χ1v) is 4.42. The Labute approximate surface area is 90.3 Å². The fourth-order valence-corrected chi connectivity index (χ4v) is 1.34. The van der Waals surface area contributed by atoms with E-state index < -0.39 is 5.97 Å². The average molecular weight is 233 g/mol. The van der Waals surface area contributed by atoms with Crippen LogP contribution in [0.5, 0.6) is 0 Å². The minimum Gasteiger partial charge on any atom is -0.478 e. The number of carbonyl (C=O) groups is 2. The van der Waals surface area contributed by atoms with Crippen molar-refractivity contribution in [3.63, 3.8) is 0 Å². The van der Waals surface area contributed by atoms with Crippen molar-refractivity contribution in [2.75, 3.05) is 0 Å². The van der Waals surface area contributed by atoms with E-state index in [-0.39, 0.29) is 27.0 Å². The molecule has 0 atom stereocenters. The first-order valence-electron chi connectivity index (χ1n) is 3.66. The molecule has 0 heterocycles. The van der Waals surface area contributed by atoms with Crippen LogP contribution in [0.3, 0.4) is 0 Å². The number of hydrogen-bond acceptors (Lipinski definition) is 2. The lowest BCUT2D eigenvalue weighted by Gasteiger charge is -2.04. The Kier molecular flexibility index (Phi) is 3.13. The lowest BCUT2D eigenvalue weighted by atomic mass is 10.0. The van der Waals surface area contributed by atoms with Crippen LogP contribution in [0.1, 0.15) is 27.6 Å². The van der Waals surface area contributed by atoms with Gasteiger partial charge in [-0.15, -0.1) is 0 Å². The minimum absolute atomic E-state index is 0.0619. The normalized spacial score (nSPS) is 9.93. The molecule has 74 valence electrons. The number of benzene rings is 1. The summed E-state index contributed by atoms with van der Waals surface area (Å²) in [7, 11) is 0. The number of hydrogen-bond donors (Lipinski definition) is 1. The zero-order valence-corrected chi connectivity index (χ0v) is 8.69. The Morgan fingerprint density at radius 2 is 1.57 bits per heavy atom. The van der Waals surface area contributed by atoms with E-state index in [2.05, 4.69) is 0 Å². The van der Waals surface area contributed by atoms with Gasteiger partial charge in [0.25, 0.3) is 0 Å². The number of Topliss-reactive ketones (excluding diaryl/α,β-unsaturated/α-hetero) is 1. The minimum atomic E-state index is -1.20. The first-order chi connectivity index (χ1) is 6.43. The molecule has 0 radical (unpaired) electrons. The van der Waals surface area contributed by atoms with Gasteiger partial charge in [0, 0.05) is 5.56 Å². The van der Waals surface area contributed by atoms with Crippen LogP contribution in [-0.4, -0.2) is 16.9 Å². The topological polar surface area (TPSA) is 54.4 Å². The smallest absolute Gasteiger partial charge is 0.336 e. The van der Waals surface area contributed by atoms with E-state index in [1.54, 1.807) is 0 Å². The third-order valence-electron chi connectivity index (χ3n) is 1.67. The molecular formula is C9H6Cl2O3. The molecule has 1 N–H and O–H groups in total. The standard InChI is InChI=1S/C9H6Cl2O3/c1-4(12)5-2-7(10)8(11)3-6(5)9(13)14/h2-3H,1H3,(H,13,14). The molecule has 5 heteroatoms. The molecule has 14 heavy (non-hydrogen) atoms. The monoisotopic (exact) mass is 232 g/mol. The fraction of sp³-hybridized carbons (Fsp3) is 0.111. The molecular weight excluding hydrogens is 227 g/mol. The van der Waals surface area contributed by atoms with Crippen molar-refractivity contribution < 1.29 is 14.7 Å². The van der Waals surface area contributed by atoms with Gasteiger partial charge in [0.2, 0.25) is 0 Å². The number of carbonyl (C=O) groups excluding carboxylic acids is 1. The highest BCUT2D eigenvalue weighted by Crippen LogP contribution is 2.26. The Bertz CT molecular complexity index is 374. The largest absolute Gasteiger partial charge is 0.478 e. The SMILES string of the molecule is CC(=O)c1cc(Cl)c(Cl)cc1C(=O)O. The molecule has 0 aliphatic carbocycles. The second-order valence-corrected chi connectivity index (χ2v) is 3.49. The molecule has 1 rings (SSSR count). The molecule has 1 aromatic rings. The van der Waals surface area contributed by atoms with Crippen LogP contribution in [0.4, 0.5) is 0 Å². The van der Waals surface area contributed by atoms with Crippen LogP contribution in [0.15, 0.2) is 12.1 Å². The Balaban J connectivity index is 3.46. The van der Waals surface area contributed by atoms with Gasteiger partial charge in [-0.05, 0) is 19.1 Å². The first kappa shape index (κ1) is 11.0. The van der Waals surface area contributed by atoms with E-state index in [0.29, 0.717) is 0 Å². The molecule has 0 aromatic heterocycles. The van der Waals surface area contributed by atoms with Crippen LogP contribution < -0.4 is 0 Å². The van der Waals surface area contributed by atoms with E-state index in [1.165, 1.54) is 19.1 Å². The number of halogens is 2. The highest BCUT2D eigenvalue weighted by Gasteiger charge is 2.16. The molecule has 0 unspecified atom stereocenters. The summed E-state index contributed by atoms with van der Waals surface area (Å²) in [5, 5.41) is 9.06. The van der Waals surface area contributed by atoms with E-state index >= 15 is 0 Å². The number of carboxylic acids is 1. The van der Waals surface area contributed by atoms with Crippen molar-refractivity contribution in [2.24, 2.45) is 0 Å². The van der Waals surface area contributed by atoms with Crippen LogP contribution in [0.25, 0.3) is 0 Å². The van der Waals surface area contributed by atoms with Gasteiger partial charge >= 0.3 is 5.97 Å². The highest BCUT2D eigenvalue weighted by molar-refractivity contribution is 6.42. The summed E-state index contributed by atoms with van der Waals surface area (Å²) < 4.78 is 0. The maximum atomic E-state index is 11.1. The Hall–Kier alpha value is -1.06. The van der Waals surface area contributed by atoms with Gasteiger partial charge in [-0.1, -0.05) is 23.2 Å². The van der Waals surface area contributed by atoms with E-state index in [1.807, 2.05) is 0 Å². The second-order valence-electron chi connectivity index (χ2n) is 2.67. The van der Waals surface area contributed by atoms with Gasteiger partial charge in [0.1, 0.15) is 0 Å². The summed E-state index contributed by atoms with van der Waals surface area (Å²) in [5.74, 6) is -1.56. The summed E-state index contributed by atoms with van der Waals surface area (Å²) in [4.78, 5) is 21.8. The predicted molar refractivity (Wildman–Crippen MR) is 53.4 cm³/mol. The second kappa shape index (κ2) is 3.98. The van der Waals surface area contributed by atoms with Crippen molar-refractivity contribution >= 4 is 35.0 Å². The van der Waals surface area contributed by atoms with Gasteiger partial charge in [-0.2, -0.15) is 0 Å². The van der Waals surface area contributed by atoms with E-state index in [0.717, 1.165) is 0 Å². The molecule has 0 fully saturated rings. The molecule has 0 amide bonds. The summed E-state index contributed by atoms with van der Waals surface area (Å²) >= 11 is 11.3. The molecule has 0 saturated carbocycles.